The van der Waals surface area contributed by atoms with Gasteiger partial charge in [0.05, 0.1) is 11.2 Å². The Hall–Kier alpha value is -2.67. The Bertz CT molecular complexity index is 1280. The third-order valence-electron chi connectivity index (χ3n) is 5.81. The third kappa shape index (κ3) is 2.34. The monoisotopic (exact) mass is 353 g/mol. The Labute approximate surface area is 163 Å². The largest absolute Gasteiger partial charge is 0.247 e. The number of rotatable bonds is 2. The second kappa shape index (κ2) is 5.66. The van der Waals surface area contributed by atoms with E-state index >= 15 is 0 Å². The second-order valence-corrected chi connectivity index (χ2v) is 8.39. The third-order valence-corrected chi connectivity index (χ3v) is 5.81. The van der Waals surface area contributed by atoms with Gasteiger partial charge < -0.3 is 0 Å². The van der Waals surface area contributed by atoms with E-state index < -0.39 is 6.37 Å². The molecule has 134 valence electrons. The van der Waals surface area contributed by atoms with Crippen LogP contribution >= 0.6 is 0 Å². The lowest BCUT2D eigenvalue weighted by Gasteiger charge is -2.34. The van der Waals surface area contributed by atoms with Crippen LogP contribution in [0, 0.1) is 5.92 Å². The Morgan fingerprint density at radius 2 is 1.70 bits per heavy atom. The molecule has 1 heterocycles. The molecule has 0 spiro atoms. The lowest BCUT2D eigenvalue weighted by Crippen LogP contribution is -2.24. The molecule has 3 aromatic carbocycles. The van der Waals surface area contributed by atoms with Crippen LogP contribution in [-0.4, -0.2) is 4.98 Å². The van der Waals surface area contributed by atoms with Gasteiger partial charge in [-0.25, -0.2) is 4.98 Å². The van der Waals surface area contributed by atoms with Gasteiger partial charge >= 0.3 is 0 Å². The molecule has 0 amide bonds. The minimum atomic E-state index is -1.41. The summed E-state index contributed by atoms with van der Waals surface area (Å²) in [5.41, 5.74) is 6.06. The highest BCUT2D eigenvalue weighted by Gasteiger charge is 2.34. The van der Waals surface area contributed by atoms with Gasteiger partial charge in [0.1, 0.15) is 0 Å². The Morgan fingerprint density at radius 3 is 2.48 bits per heavy atom. The summed E-state index contributed by atoms with van der Waals surface area (Å²) >= 11 is 0. The van der Waals surface area contributed by atoms with E-state index in [2.05, 4.69) is 56.3 Å². The standard InChI is InChI=1S/C26H25N/c1-16(2)14-18-10-7-13-23-20(18)15-22-25(27-23)19-11-5-8-17-9-6-12-21(24(17)19)26(22,3)4/h5-13,15-16H,14H2,1-4H3/i14D2. The zero-order valence-electron chi connectivity index (χ0n) is 18.3. The summed E-state index contributed by atoms with van der Waals surface area (Å²) in [5.74, 6) is -0.119. The van der Waals surface area contributed by atoms with Crippen molar-refractivity contribution >= 4 is 21.7 Å². The predicted molar refractivity (Wildman–Crippen MR) is 115 cm³/mol. The molecule has 1 aliphatic carbocycles. The van der Waals surface area contributed by atoms with Crippen molar-refractivity contribution in [2.75, 3.05) is 0 Å². The molecule has 0 aliphatic heterocycles. The van der Waals surface area contributed by atoms with Crippen molar-refractivity contribution in [1.82, 2.24) is 4.98 Å². The first kappa shape index (κ1) is 14.4. The minimum absolute atomic E-state index is 0.119. The van der Waals surface area contributed by atoms with E-state index in [0.29, 0.717) is 0 Å². The topological polar surface area (TPSA) is 12.9 Å². The van der Waals surface area contributed by atoms with Crippen molar-refractivity contribution in [3.8, 4) is 11.3 Å². The van der Waals surface area contributed by atoms with Crippen LogP contribution in [0.3, 0.4) is 0 Å². The summed E-state index contributed by atoms with van der Waals surface area (Å²) in [6.07, 6.45) is -1.41. The Balaban J connectivity index is 1.91. The van der Waals surface area contributed by atoms with Gasteiger partial charge in [-0.3, -0.25) is 0 Å². The predicted octanol–water partition coefficient (Wildman–Crippen LogP) is 6.89. The number of benzene rings is 3. The molecule has 1 heteroatoms. The minimum Gasteiger partial charge on any atom is -0.247 e. The zero-order chi connectivity index (χ0) is 20.6. The van der Waals surface area contributed by atoms with Crippen LogP contribution in [0.5, 0.6) is 0 Å². The zero-order valence-corrected chi connectivity index (χ0v) is 16.3. The van der Waals surface area contributed by atoms with Crippen LogP contribution in [0.1, 0.15) is 47.1 Å². The first-order chi connectivity index (χ1) is 13.7. The summed E-state index contributed by atoms with van der Waals surface area (Å²) in [7, 11) is 0. The van der Waals surface area contributed by atoms with E-state index in [1.807, 2.05) is 32.0 Å². The number of nitrogens with zero attached hydrogens (tertiary/aromatic N) is 1. The first-order valence-electron chi connectivity index (χ1n) is 10.7. The molecule has 0 N–H and O–H groups in total. The highest BCUT2D eigenvalue weighted by molar-refractivity contribution is 6.03. The molecule has 1 aliphatic rings. The highest BCUT2D eigenvalue weighted by Crippen LogP contribution is 2.48. The van der Waals surface area contributed by atoms with Crippen LogP contribution in [0.4, 0.5) is 0 Å². The summed E-state index contributed by atoms with van der Waals surface area (Å²) in [5, 5.41) is 3.45. The molecular formula is C26H25N. The van der Waals surface area contributed by atoms with Crippen molar-refractivity contribution in [1.29, 1.82) is 0 Å². The maximum atomic E-state index is 8.69. The van der Waals surface area contributed by atoms with Crippen LogP contribution in [-0.2, 0) is 11.8 Å². The summed E-state index contributed by atoms with van der Waals surface area (Å²) in [6, 6.07) is 21.0. The van der Waals surface area contributed by atoms with E-state index in [4.69, 9.17) is 7.73 Å². The molecule has 1 aromatic heterocycles. The number of hydrogen-bond acceptors (Lipinski definition) is 1. The van der Waals surface area contributed by atoms with Gasteiger partial charge in [-0.15, -0.1) is 0 Å². The van der Waals surface area contributed by atoms with Crippen LogP contribution < -0.4 is 0 Å². The van der Waals surface area contributed by atoms with E-state index in [9.17, 15) is 0 Å². The molecule has 0 bridgehead atoms. The van der Waals surface area contributed by atoms with Gasteiger partial charge in [-0.2, -0.15) is 0 Å². The van der Waals surface area contributed by atoms with E-state index in [1.165, 1.54) is 27.5 Å². The molecule has 0 atom stereocenters. The van der Waals surface area contributed by atoms with Gasteiger partial charge in [-0.1, -0.05) is 76.2 Å². The Kier molecular flexibility index (Phi) is 3.02. The molecule has 0 saturated heterocycles. The van der Waals surface area contributed by atoms with E-state index in [1.54, 1.807) is 0 Å². The van der Waals surface area contributed by atoms with Crippen molar-refractivity contribution in [2.24, 2.45) is 5.92 Å². The van der Waals surface area contributed by atoms with Gasteiger partial charge in [0, 0.05) is 19.1 Å². The normalized spacial score (nSPS) is 16.3. The van der Waals surface area contributed by atoms with Gasteiger partial charge in [0.25, 0.3) is 0 Å². The van der Waals surface area contributed by atoms with Gasteiger partial charge in [-0.05, 0) is 51.9 Å². The summed E-state index contributed by atoms with van der Waals surface area (Å²) in [6.45, 7) is 8.38. The number of pyridine rings is 1. The van der Waals surface area contributed by atoms with E-state index in [0.717, 1.165) is 22.2 Å². The van der Waals surface area contributed by atoms with Crippen molar-refractivity contribution in [3.05, 3.63) is 77.4 Å². The Morgan fingerprint density at radius 1 is 0.963 bits per heavy atom. The molecule has 0 saturated carbocycles. The number of fused-ring (bicyclic) bond motifs is 3. The molecule has 27 heavy (non-hydrogen) atoms. The number of aromatic nitrogens is 1. The molecule has 1 nitrogen and oxygen atoms in total. The quantitative estimate of drug-likeness (QED) is 0.382. The SMILES string of the molecule is [2H]C([2H])(c1cccc2nc3c(cc12)C(C)(C)c1cccc2cccc-3c12)C(C)C. The molecule has 5 rings (SSSR count). The highest BCUT2D eigenvalue weighted by atomic mass is 14.7. The lowest BCUT2D eigenvalue weighted by molar-refractivity contribution is 0.641. The smallest absolute Gasteiger partial charge is 0.0756 e. The summed E-state index contributed by atoms with van der Waals surface area (Å²) in [4.78, 5) is 5.10. The van der Waals surface area contributed by atoms with Crippen molar-refractivity contribution < 1.29 is 2.74 Å². The fraction of sp³-hybridized carbons (Fsp3) is 0.269. The summed E-state index contributed by atoms with van der Waals surface area (Å²) < 4.78 is 17.4. The first-order valence-corrected chi connectivity index (χ1v) is 9.70. The molecule has 0 unspecified atom stereocenters. The average Bonchev–Trinajstić information content (AvgIpc) is 2.70. The molecule has 0 radical (unpaired) electrons. The second-order valence-electron chi connectivity index (χ2n) is 8.39. The maximum Gasteiger partial charge on any atom is 0.0756 e. The number of hydrogen-bond donors (Lipinski definition) is 0. The van der Waals surface area contributed by atoms with Gasteiger partial charge in [0.15, 0.2) is 0 Å². The van der Waals surface area contributed by atoms with Gasteiger partial charge in [0.2, 0.25) is 0 Å². The van der Waals surface area contributed by atoms with Crippen LogP contribution in [0.25, 0.3) is 32.9 Å². The van der Waals surface area contributed by atoms with Crippen LogP contribution in [0.2, 0.25) is 0 Å². The fourth-order valence-electron chi connectivity index (χ4n) is 4.52. The lowest BCUT2D eigenvalue weighted by atomic mass is 9.69. The fourth-order valence-corrected chi connectivity index (χ4v) is 4.52. The van der Waals surface area contributed by atoms with E-state index in [-0.39, 0.29) is 11.3 Å². The average molecular weight is 354 g/mol. The maximum absolute atomic E-state index is 8.69. The molecule has 4 aromatic rings. The van der Waals surface area contributed by atoms with Crippen molar-refractivity contribution in [3.63, 3.8) is 0 Å². The molecule has 0 fully saturated rings. The van der Waals surface area contributed by atoms with Crippen molar-refractivity contribution in [2.45, 2.75) is 39.5 Å². The van der Waals surface area contributed by atoms with Crippen LogP contribution in [0.15, 0.2) is 60.7 Å². The molecular weight excluding hydrogens is 326 g/mol.